The van der Waals surface area contributed by atoms with Crippen LogP contribution in [0.3, 0.4) is 0 Å². The number of carboxylic acid groups (broad SMARTS) is 1. The van der Waals surface area contributed by atoms with E-state index in [1.54, 1.807) is 0 Å². The number of hydrogen-bond acceptors (Lipinski definition) is 1. The molecule has 74 valence electrons. The van der Waals surface area contributed by atoms with Gasteiger partial charge in [-0.3, -0.25) is 4.79 Å². The average Bonchev–Trinajstić information content (AvgIpc) is 1.99. The molecule has 0 amide bonds. The van der Waals surface area contributed by atoms with Gasteiger partial charge in [-0.25, -0.2) is 0 Å². The van der Waals surface area contributed by atoms with Crippen molar-refractivity contribution in [1.29, 1.82) is 0 Å². The number of aliphatic carboxylic acids is 1. The summed E-state index contributed by atoms with van der Waals surface area (Å²) in [6, 6.07) is 0. The van der Waals surface area contributed by atoms with Gasteiger partial charge in [0.25, 0.3) is 0 Å². The van der Waals surface area contributed by atoms with Crippen LogP contribution in [0.15, 0.2) is 11.6 Å². The summed E-state index contributed by atoms with van der Waals surface area (Å²) < 4.78 is 0. The van der Waals surface area contributed by atoms with E-state index in [1.807, 2.05) is 27.7 Å². The van der Waals surface area contributed by atoms with E-state index in [0.717, 1.165) is 18.4 Å². The fraction of sp³-hybridized carbons (Fsp3) is 0.727. The van der Waals surface area contributed by atoms with Crippen molar-refractivity contribution in [3.8, 4) is 0 Å². The number of carboxylic acids is 1. The molecule has 1 atom stereocenters. The molecule has 0 aliphatic heterocycles. The van der Waals surface area contributed by atoms with Crippen LogP contribution in [0.4, 0.5) is 0 Å². The SMILES string of the molecule is CC1=CCCC(C)(C)C1(C)C(=O)O. The van der Waals surface area contributed by atoms with Gasteiger partial charge in [-0.05, 0) is 32.1 Å². The first-order chi connectivity index (χ1) is 5.82. The summed E-state index contributed by atoms with van der Waals surface area (Å²) in [5.41, 5.74) is 0.166. The fourth-order valence-electron chi connectivity index (χ4n) is 2.10. The highest BCUT2D eigenvalue weighted by Crippen LogP contribution is 2.50. The highest BCUT2D eigenvalue weighted by molar-refractivity contribution is 5.79. The molecule has 0 saturated carbocycles. The molecule has 1 rings (SSSR count). The zero-order valence-corrected chi connectivity index (χ0v) is 8.85. The predicted molar refractivity (Wildman–Crippen MR) is 52.5 cm³/mol. The standard InChI is InChI=1S/C11H18O2/c1-8-6-5-7-10(2,3)11(8,4)9(12)13/h6H,5,7H2,1-4H3,(H,12,13). The summed E-state index contributed by atoms with van der Waals surface area (Å²) in [6.45, 7) is 7.84. The number of allylic oxidation sites excluding steroid dienone is 1. The van der Waals surface area contributed by atoms with Crippen LogP contribution in [0.2, 0.25) is 0 Å². The molecule has 1 aliphatic carbocycles. The Morgan fingerprint density at radius 2 is 2.00 bits per heavy atom. The molecular weight excluding hydrogens is 164 g/mol. The van der Waals surface area contributed by atoms with Crippen LogP contribution in [0.5, 0.6) is 0 Å². The molecular formula is C11H18O2. The maximum absolute atomic E-state index is 11.3. The molecule has 2 nitrogen and oxygen atoms in total. The summed E-state index contributed by atoms with van der Waals surface area (Å²) in [5.74, 6) is -0.703. The molecule has 2 heteroatoms. The molecule has 0 fully saturated rings. The lowest BCUT2D eigenvalue weighted by Gasteiger charge is -2.44. The molecule has 0 aromatic heterocycles. The maximum atomic E-state index is 11.3. The number of rotatable bonds is 1. The van der Waals surface area contributed by atoms with Gasteiger partial charge in [0.2, 0.25) is 0 Å². The van der Waals surface area contributed by atoms with E-state index in [-0.39, 0.29) is 5.41 Å². The maximum Gasteiger partial charge on any atom is 0.314 e. The van der Waals surface area contributed by atoms with Gasteiger partial charge in [-0.1, -0.05) is 25.5 Å². The highest BCUT2D eigenvalue weighted by Gasteiger charge is 2.49. The molecule has 0 bridgehead atoms. The van der Waals surface area contributed by atoms with Crippen molar-refractivity contribution >= 4 is 5.97 Å². The topological polar surface area (TPSA) is 37.3 Å². The molecule has 0 aromatic rings. The van der Waals surface area contributed by atoms with Gasteiger partial charge in [-0.15, -0.1) is 0 Å². The Kier molecular flexibility index (Phi) is 2.27. The van der Waals surface area contributed by atoms with E-state index in [1.165, 1.54) is 0 Å². The average molecular weight is 182 g/mol. The first-order valence-corrected chi connectivity index (χ1v) is 4.73. The van der Waals surface area contributed by atoms with Crippen molar-refractivity contribution in [3.05, 3.63) is 11.6 Å². The van der Waals surface area contributed by atoms with Gasteiger partial charge < -0.3 is 5.11 Å². The number of hydrogen-bond donors (Lipinski definition) is 1. The summed E-state index contributed by atoms with van der Waals surface area (Å²) in [5, 5.41) is 9.26. The lowest BCUT2D eigenvalue weighted by Crippen LogP contribution is -2.44. The Morgan fingerprint density at radius 1 is 1.46 bits per heavy atom. The minimum atomic E-state index is -0.703. The molecule has 1 N–H and O–H groups in total. The minimum Gasteiger partial charge on any atom is -0.481 e. The molecule has 0 saturated heterocycles. The van der Waals surface area contributed by atoms with Gasteiger partial charge in [0, 0.05) is 0 Å². The Labute approximate surface area is 79.6 Å². The third kappa shape index (κ3) is 1.28. The van der Waals surface area contributed by atoms with Crippen molar-refractivity contribution in [2.45, 2.75) is 40.5 Å². The summed E-state index contributed by atoms with van der Waals surface area (Å²) >= 11 is 0. The Bertz CT molecular complexity index is 263. The first-order valence-electron chi connectivity index (χ1n) is 4.73. The van der Waals surface area contributed by atoms with Gasteiger partial charge in [0.15, 0.2) is 0 Å². The summed E-state index contributed by atoms with van der Waals surface area (Å²) in [6.07, 6.45) is 4.01. The quantitative estimate of drug-likeness (QED) is 0.633. The normalized spacial score (nSPS) is 32.5. The van der Waals surface area contributed by atoms with E-state index in [0.29, 0.717) is 0 Å². The zero-order chi connectivity index (χ0) is 10.3. The Balaban J connectivity index is 3.21. The van der Waals surface area contributed by atoms with Gasteiger partial charge in [0.05, 0.1) is 5.41 Å². The van der Waals surface area contributed by atoms with Crippen molar-refractivity contribution < 1.29 is 9.90 Å². The second-order valence-electron chi connectivity index (χ2n) is 4.74. The van der Waals surface area contributed by atoms with Gasteiger partial charge in [-0.2, -0.15) is 0 Å². The Morgan fingerprint density at radius 3 is 2.31 bits per heavy atom. The largest absolute Gasteiger partial charge is 0.481 e. The molecule has 0 radical (unpaired) electrons. The van der Waals surface area contributed by atoms with Crippen molar-refractivity contribution in [3.63, 3.8) is 0 Å². The van der Waals surface area contributed by atoms with Crippen LogP contribution < -0.4 is 0 Å². The van der Waals surface area contributed by atoms with E-state index >= 15 is 0 Å². The molecule has 1 unspecified atom stereocenters. The second kappa shape index (κ2) is 2.86. The Hall–Kier alpha value is -0.790. The zero-order valence-electron chi connectivity index (χ0n) is 8.85. The first kappa shape index (κ1) is 10.3. The minimum absolute atomic E-state index is 0.141. The third-order valence-electron chi connectivity index (χ3n) is 3.79. The fourth-order valence-corrected chi connectivity index (χ4v) is 2.10. The van der Waals surface area contributed by atoms with E-state index in [9.17, 15) is 9.90 Å². The van der Waals surface area contributed by atoms with Crippen LogP contribution in [-0.4, -0.2) is 11.1 Å². The molecule has 1 aliphatic rings. The lowest BCUT2D eigenvalue weighted by molar-refractivity contribution is -0.152. The molecule has 0 spiro atoms. The van der Waals surface area contributed by atoms with Crippen LogP contribution in [0.25, 0.3) is 0 Å². The lowest BCUT2D eigenvalue weighted by atomic mass is 9.58. The third-order valence-corrected chi connectivity index (χ3v) is 3.79. The summed E-state index contributed by atoms with van der Waals surface area (Å²) in [4.78, 5) is 11.3. The van der Waals surface area contributed by atoms with Crippen LogP contribution in [0.1, 0.15) is 40.5 Å². The van der Waals surface area contributed by atoms with Crippen LogP contribution in [0, 0.1) is 10.8 Å². The van der Waals surface area contributed by atoms with E-state index in [4.69, 9.17) is 0 Å². The molecule has 0 heterocycles. The smallest absolute Gasteiger partial charge is 0.314 e. The predicted octanol–water partition coefficient (Wildman–Crippen LogP) is 2.84. The monoisotopic (exact) mass is 182 g/mol. The summed E-state index contributed by atoms with van der Waals surface area (Å²) in [7, 11) is 0. The van der Waals surface area contributed by atoms with Crippen molar-refractivity contribution in [1.82, 2.24) is 0 Å². The van der Waals surface area contributed by atoms with Crippen molar-refractivity contribution in [2.75, 3.05) is 0 Å². The molecule has 13 heavy (non-hydrogen) atoms. The van der Waals surface area contributed by atoms with Crippen LogP contribution >= 0.6 is 0 Å². The molecule has 0 aromatic carbocycles. The van der Waals surface area contributed by atoms with Crippen molar-refractivity contribution in [2.24, 2.45) is 10.8 Å². The van der Waals surface area contributed by atoms with E-state index < -0.39 is 11.4 Å². The van der Waals surface area contributed by atoms with E-state index in [2.05, 4.69) is 6.08 Å². The highest BCUT2D eigenvalue weighted by atomic mass is 16.4. The van der Waals surface area contributed by atoms with Gasteiger partial charge in [0.1, 0.15) is 0 Å². The van der Waals surface area contributed by atoms with Gasteiger partial charge >= 0.3 is 5.97 Å². The van der Waals surface area contributed by atoms with Crippen LogP contribution in [-0.2, 0) is 4.79 Å². The second-order valence-corrected chi connectivity index (χ2v) is 4.74. The number of carbonyl (C=O) groups is 1.